The Morgan fingerprint density at radius 3 is 1.98 bits per heavy atom. The van der Waals surface area contributed by atoms with Crippen LogP contribution in [0.3, 0.4) is 0 Å². The van der Waals surface area contributed by atoms with E-state index in [2.05, 4.69) is 94.4 Å². The highest BCUT2D eigenvalue weighted by molar-refractivity contribution is 8.76. The van der Waals surface area contributed by atoms with Gasteiger partial charge in [0.2, 0.25) is 76.8 Å². The summed E-state index contributed by atoms with van der Waals surface area (Å²) in [6.45, 7) is 11.9. The molecule has 38 nitrogen and oxygen atoms in total. The molecular weight excluding hydrogens is 1450 g/mol. The van der Waals surface area contributed by atoms with Crippen LogP contribution < -0.4 is 74.9 Å². The van der Waals surface area contributed by atoms with Gasteiger partial charge in [-0.05, 0) is 104 Å². The molecule has 0 aliphatic carbocycles. The zero-order valence-electron chi connectivity index (χ0n) is 61.4. The second-order valence-electron chi connectivity index (χ2n) is 28.0. The summed E-state index contributed by atoms with van der Waals surface area (Å²) in [5.74, 6) is -16.9. The molecule has 40 heteroatoms. The highest BCUT2D eigenvalue weighted by Gasteiger charge is 2.38. The summed E-state index contributed by atoms with van der Waals surface area (Å²) in [5.41, 5.74) is 6.40. The summed E-state index contributed by atoms with van der Waals surface area (Å²) in [4.78, 5) is 222. The minimum absolute atomic E-state index is 0.0389. The summed E-state index contributed by atoms with van der Waals surface area (Å²) >= 11 is 0. The molecule has 13 atom stereocenters. The second-order valence-corrected chi connectivity index (χ2v) is 30.5. The molecule has 6 rings (SSSR count). The fourth-order valence-electron chi connectivity index (χ4n) is 11.7. The van der Waals surface area contributed by atoms with Gasteiger partial charge in [0.05, 0.1) is 42.8 Å². The molecule has 0 fully saturated rings. The number of imidazole rings is 1. The number of carboxylic acids is 2. The van der Waals surface area contributed by atoms with Crippen LogP contribution >= 0.6 is 21.6 Å². The van der Waals surface area contributed by atoms with Gasteiger partial charge in [-0.1, -0.05) is 72.2 Å². The molecule has 20 N–H and O–H groups in total. The first kappa shape index (κ1) is 86.7. The minimum Gasteiger partial charge on any atom is -0.481 e. The number of rotatable bonds is 20. The number of carbonyl (C=O) groups excluding carboxylic acids is 13. The van der Waals surface area contributed by atoms with E-state index < -0.39 is 210 Å². The van der Waals surface area contributed by atoms with Gasteiger partial charge in [0.25, 0.3) is 0 Å². The maximum atomic E-state index is 15.2. The number of amides is 13. The van der Waals surface area contributed by atoms with Crippen molar-refractivity contribution < 1.29 is 87.2 Å². The first-order valence-electron chi connectivity index (χ1n) is 35.5. The van der Waals surface area contributed by atoms with Gasteiger partial charge in [-0.25, -0.2) is 4.98 Å². The summed E-state index contributed by atoms with van der Waals surface area (Å²) in [5, 5.41) is 73.4. The third-order valence-corrected chi connectivity index (χ3v) is 19.7. The summed E-state index contributed by atoms with van der Waals surface area (Å²) in [7, 11) is 1.66. The van der Waals surface area contributed by atoms with Crippen molar-refractivity contribution in [2.75, 3.05) is 18.1 Å². The van der Waals surface area contributed by atoms with Crippen LogP contribution in [-0.4, -0.2) is 236 Å². The number of H-pyrrole nitrogens is 2. The Labute approximate surface area is 630 Å². The molecule has 592 valence electrons. The summed E-state index contributed by atoms with van der Waals surface area (Å²) in [6.07, 6.45) is 1.76. The highest BCUT2D eigenvalue weighted by Crippen LogP contribution is 2.25. The van der Waals surface area contributed by atoms with Gasteiger partial charge in [0.1, 0.15) is 66.5 Å². The SMILES string of the molecule is CCC[C@@H]1NC(=O)[C@H](CCC(=O)O)NC(=O)CNC(=O)[C@H](CC(C)C)NC(=O)[C@H](Cc2c[nH]cn2)NC(=O)[C@@H]2CCc3cn(nn3)CCCC[C@H](NC1=O)C(=O)N[C@@H](Cc1c[nH]c3ccccc13)C(=O)N[C@H](C(=O)N[C@H](C(N)=O)[C@@H](C)O)CSSC[C@H](NC(=O)[C@H](CC(=O)O)NC(C)(C)C)C(=O)N[C@@H](C)C(=O)N2. The minimum atomic E-state index is -1.73. The Hall–Kier alpha value is -10.2. The van der Waals surface area contributed by atoms with Gasteiger partial charge in [-0.2, -0.15) is 0 Å². The van der Waals surface area contributed by atoms with Gasteiger partial charge in [-0.15, -0.1) is 5.10 Å². The molecule has 1 aromatic carbocycles. The zero-order chi connectivity index (χ0) is 79.5. The van der Waals surface area contributed by atoms with Gasteiger partial charge in [-0.3, -0.25) is 76.6 Å². The number of hydrogen-bond donors (Lipinski definition) is 19. The monoisotopic (exact) mass is 1550 g/mol. The maximum absolute atomic E-state index is 15.2. The average molecular weight is 1550 g/mol. The molecule has 2 aliphatic heterocycles. The first-order chi connectivity index (χ1) is 51.1. The Bertz CT molecular complexity index is 3830. The maximum Gasteiger partial charge on any atom is 0.305 e. The van der Waals surface area contributed by atoms with E-state index in [9.17, 15) is 77.6 Å². The predicted octanol–water partition coefficient (Wildman–Crippen LogP) is -3.24. The Kier molecular flexibility index (Phi) is 33.5. The van der Waals surface area contributed by atoms with Crippen molar-refractivity contribution in [3.8, 4) is 0 Å². The molecule has 2 aliphatic rings. The second kappa shape index (κ2) is 41.8. The van der Waals surface area contributed by atoms with Crippen LogP contribution in [0.15, 0.2) is 49.2 Å². The smallest absolute Gasteiger partial charge is 0.305 e. The Morgan fingerprint density at radius 2 is 1.33 bits per heavy atom. The molecule has 3 aromatic heterocycles. The number of fused-ring (bicyclic) bond motifs is 7. The van der Waals surface area contributed by atoms with Gasteiger partial charge < -0.3 is 100 Å². The number of nitrogens with one attached hydrogen (secondary N) is 15. The molecule has 5 heterocycles. The molecule has 108 heavy (non-hydrogen) atoms. The third kappa shape index (κ3) is 28.2. The number of hydrogen-bond acceptors (Lipinski definition) is 22. The number of aliphatic hydroxyl groups is 1. The van der Waals surface area contributed by atoms with Crippen LogP contribution in [0.5, 0.6) is 0 Å². The number of para-hydroxylation sites is 1. The number of nitrogens with zero attached hydrogens (tertiary/aromatic N) is 4. The number of carboxylic acid groups (broad SMARTS) is 2. The molecule has 0 radical (unpaired) electrons. The van der Waals surface area contributed by atoms with Crippen molar-refractivity contribution in [1.82, 2.24) is 99.1 Å². The molecule has 4 bridgehead atoms. The number of aromatic nitrogens is 6. The zero-order valence-corrected chi connectivity index (χ0v) is 63.0. The van der Waals surface area contributed by atoms with E-state index in [0.29, 0.717) is 22.2 Å². The molecule has 0 saturated carbocycles. The van der Waals surface area contributed by atoms with Crippen molar-refractivity contribution in [3.05, 3.63) is 66.1 Å². The lowest BCUT2D eigenvalue weighted by Gasteiger charge is -2.29. The van der Waals surface area contributed by atoms with E-state index in [-0.39, 0.29) is 82.4 Å². The topological polar surface area (TPSA) is 574 Å². The molecule has 13 amide bonds. The van der Waals surface area contributed by atoms with Crippen molar-refractivity contribution in [2.24, 2.45) is 11.7 Å². The third-order valence-electron chi connectivity index (χ3n) is 17.2. The average Bonchev–Trinajstić information content (AvgIpc) is 1.69. The normalized spacial score (nSPS) is 24.0. The molecule has 0 unspecified atom stereocenters. The van der Waals surface area contributed by atoms with Crippen molar-refractivity contribution in [2.45, 2.75) is 230 Å². The fourth-order valence-corrected chi connectivity index (χ4v) is 14.0. The van der Waals surface area contributed by atoms with E-state index in [1.54, 1.807) is 78.2 Å². The van der Waals surface area contributed by atoms with Crippen molar-refractivity contribution >= 4 is 121 Å². The number of nitrogens with two attached hydrogens (primary N) is 1. The van der Waals surface area contributed by atoms with Crippen molar-refractivity contribution in [1.29, 1.82) is 0 Å². The standard InChI is InChI=1S/C68H100N20O18S2/c1-9-14-42-59(98)78-43-17-12-13-22-88-30-38(86-87-88)18-19-45(62(101)81-48(25-39-28-70-33-73-39)64(103)79-46(23-34(2)3)58(97)72-29-52(90)75-44(61(100)77-42)20-21-53(91)92)76-57(96)35(4)74-66(105)50(83-65(104)49(26-54(93)94)85-68(6,7)8)31-107-108-32-51(67(106)84-55(36(5)89)56(69)95)82-63(102)47(80-60(43)99)24-37-27-71-41-16-11-10-15-40(37)41/h10-11,15-16,27-28,30,33-36,42-51,55,71,85,89H,9,12-14,17-26,29,31-32H2,1-8H3,(H2,69,95)(H,70,73)(H,72,97)(H,74,105)(H,75,90)(H,76,96)(H,77,100)(H,78,98)(H,79,103)(H,80,99)(H,81,101)(H,82,102)(H,83,104)(H,84,106)(H,91,92)(H,93,94)/t35-,36+,42-,43-,44-,45-,46-,47-,48-,49-,50-,51-,55-/m0/s1. The number of aliphatic hydroxyl groups excluding tert-OH is 1. The molecule has 4 aromatic rings. The lowest BCUT2D eigenvalue weighted by Crippen LogP contribution is -2.61. The summed E-state index contributed by atoms with van der Waals surface area (Å²) in [6, 6.07) is -11.9. The van der Waals surface area contributed by atoms with E-state index in [1.165, 1.54) is 31.1 Å². The predicted molar refractivity (Wildman–Crippen MR) is 392 cm³/mol. The number of aromatic amines is 2. The van der Waals surface area contributed by atoms with Crippen LogP contribution in [-0.2, 0) is 97.7 Å². The van der Waals surface area contributed by atoms with Crippen LogP contribution in [0.25, 0.3) is 10.9 Å². The Balaban J connectivity index is 1.52. The Morgan fingerprint density at radius 1 is 0.704 bits per heavy atom. The van der Waals surface area contributed by atoms with E-state index in [4.69, 9.17) is 5.73 Å². The highest BCUT2D eigenvalue weighted by atomic mass is 33.1. The van der Waals surface area contributed by atoms with Gasteiger partial charge >= 0.3 is 11.9 Å². The van der Waals surface area contributed by atoms with E-state index >= 15 is 9.59 Å². The van der Waals surface area contributed by atoms with Crippen LogP contribution in [0, 0.1) is 5.92 Å². The van der Waals surface area contributed by atoms with Gasteiger partial charge in [0, 0.05) is 72.3 Å². The number of carbonyl (C=O) groups is 15. The lowest BCUT2D eigenvalue weighted by molar-refractivity contribution is -0.140. The van der Waals surface area contributed by atoms with Crippen LogP contribution in [0.2, 0.25) is 0 Å². The van der Waals surface area contributed by atoms with Gasteiger partial charge in [0.15, 0.2) is 0 Å². The fraction of sp³-hybridized carbons (Fsp3) is 0.588. The molecular formula is C68H100N20O18S2. The first-order valence-corrected chi connectivity index (χ1v) is 38.0. The number of aliphatic carboxylic acids is 2. The summed E-state index contributed by atoms with van der Waals surface area (Å²) < 4.78 is 1.45. The van der Waals surface area contributed by atoms with Crippen LogP contribution in [0.1, 0.15) is 137 Å². The number of aryl methyl sites for hydroxylation is 2. The number of benzene rings is 1. The number of primary amides is 1. The van der Waals surface area contributed by atoms with E-state index in [1.807, 2.05) is 0 Å². The van der Waals surface area contributed by atoms with Crippen molar-refractivity contribution in [3.63, 3.8) is 0 Å². The lowest BCUT2D eigenvalue weighted by atomic mass is 10.0. The quantitative estimate of drug-likeness (QED) is 0.0387. The van der Waals surface area contributed by atoms with E-state index in [0.717, 1.165) is 21.6 Å². The molecule has 0 saturated heterocycles. The molecule has 0 spiro atoms. The largest absolute Gasteiger partial charge is 0.481 e. The van der Waals surface area contributed by atoms with Crippen LogP contribution in [0.4, 0.5) is 0 Å².